The molecule has 0 aliphatic heterocycles. The highest BCUT2D eigenvalue weighted by Crippen LogP contribution is 2.27. The van der Waals surface area contributed by atoms with Gasteiger partial charge >= 0.3 is 0 Å². The summed E-state index contributed by atoms with van der Waals surface area (Å²) in [5.41, 5.74) is 1.59. The Morgan fingerprint density at radius 1 is 1.21 bits per heavy atom. The van der Waals surface area contributed by atoms with Gasteiger partial charge in [0.25, 0.3) is 5.56 Å². The normalized spacial score (nSPS) is 11.6. The molecule has 0 atom stereocenters. The van der Waals surface area contributed by atoms with Crippen molar-refractivity contribution in [3.8, 4) is 5.82 Å². The highest BCUT2D eigenvalue weighted by atomic mass is 79.9. The lowest BCUT2D eigenvalue weighted by molar-refractivity contribution is -0.116. The van der Waals surface area contributed by atoms with Crippen molar-refractivity contribution in [2.75, 3.05) is 18.1 Å². The largest absolute Gasteiger partial charge is 0.387 e. The molecule has 0 amide bonds. The van der Waals surface area contributed by atoms with Gasteiger partial charge in [0, 0.05) is 24.1 Å². The van der Waals surface area contributed by atoms with Gasteiger partial charge in [-0.25, -0.2) is 18.4 Å². The topological polar surface area (TPSA) is 111 Å². The Morgan fingerprint density at radius 3 is 2.64 bits per heavy atom. The number of carbonyl (C=O) groups is 1. The zero-order valence-electron chi connectivity index (χ0n) is 17.1. The molecule has 4 aromatic rings. The molecule has 0 fully saturated rings. The molecule has 1 aromatic carbocycles. The molecule has 0 spiro atoms. The van der Waals surface area contributed by atoms with E-state index in [1.807, 2.05) is 0 Å². The van der Waals surface area contributed by atoms with E-state index < -0.39 is 21.4 Å². The fourth-order valence-corrected chi connectivity index (χ4v) is 6.54. The van der Waals surface area contributed by atoms with Crippen LogP contribution in [-0.2, 0) is 21.1 Å². The number of halogens is 2. The molecule has 8 nitrogen and oxygen atoms in total. The molecule has 0 aliphatic rings. The number of pyridine rings is 1. The van der Waals surface area contributed by atoms with E-state index in [0.29, 0.717) is 26.6 Å². The number of rotatable bonds is 7. The van der Waals surface area contributed by atoms with Gasteiger partial charge in [0.2, 0.25) is 0 Å². The Labute approximate surface area is 206 Å². The van der Waals surface area contributed by atoms with E-state index in [1.165, 1.54) is 29.2 Å². The Balaban J connectivity index is 1.54. The maximum Gasteiger partial charge on any atom is 0.267 e. The lowest BCUT2D eigenvalue weighted by atomic mass is 10.1. The first-order valence-corrected chi connectivity index (χ1v) is 13.2. The Hall–Kier alpha value is -2.60. The van der Waals surface area contributed by atoms with E-state index in [2.05, 4.69) is 31.2 Å². The highest BCUT2D eigenvalue weighted by Gasteiger charge is 2.21. The van der Waals surface area contributed by atoms with E-state index in [-0.39, 0.29) is 16.2 Å². The second kappa shape index (κ2) is 9.34. The molecule has 0 bridgehead atoms. The summed E-state index contributed by atoms with van der Waals surface area (Å²) in [5, 5.41) is 3.44. The Bertz CT molecular complexity index is 1530. The third-order valence-corrected chi connectivity index (χ3v) is 8.92. The first kappa shape index (κ1) is 23.6. The second-order valence-electron chi connectivity index (χ2n) is 7.08. The minimum atomic E-state index is -3.74. The van der Waals surface area contributed by atoms with Crippen molar-refractivity contribution < 1.29 is 13.2 Å². The van der Waals surface area contributed by atoms with Crippen molar-refractivity contribution in [3.05, 3.63) is 73.6 Å². The number of anilines is 1. The molecule has 0 unspecified atom stereocenters. The molecule has 33 heavy (non-hydrogen) atoms. The molecule has 3 aromatic heterocycles. The maximum absolute atomic E-state index is 12.9. The van der Waals surface area contributed by atoms with Gasteiger partial charge in [0.15, 0.2) is 15.6 Å². The predicted octanol–water partition coefficient (Wildman–Crippen LogP) is 3.89. The molecule has 4 rings (SSSR count). The average Bonchev–Trinajstić information content (AvgIpc) is 3.22. The number of aromatic nitrogens is 3. The number of thiophene rings is 1. The third kappa shape index (κ3) is 5.01. The third-order valence-electron chi connectivity index (χ3n) is 4.78. The minimum Gasteiger partial charge on any atom is -0.387 e. The first-order valence-electron chi connectivity index (χ1n) is 9.52. The van der Waals surface area contributed by atoms with Gasteiger partial charge in [0.1, 0.15) is 22.1 Å². The van der Waals surface area contributed by atoms with E-state index >= 15 is 0 Å². The number of hydrogen-bond acceptors (Lipinski definition) is 8. The molecule has 0 radical (unpaired) electrons. The van der Waals surface area contributed by atoms with Crippen LogP contribution in [0.5, 0.6) is 0 Å². The van der Waals surface area contributed by atoms with E-state index in [1.54, 1.807) is 31.3 Å². The van der Waals surface area contributed by atoms with Gasteiger partial charge < -0.3 is 5.32 Å². The number of fused-ring (bicyclic) bond motifs is 1. The van der Waals surface area contributed by atoms with Crippen LogP contribution in [0.15, 0.2) is 62.4 Å². The zero-order valence-corrected chi connectivity index (χ0v) is 21.1. The molecular formula is C21H16BrClN4O4S2. The first-order chi connectivity index (χ1) is 15.7. The summed E-state index contributed by atoms with van der Waals surface area (Å²) < 4.78 is 27.2. The molecule has 12 heteroatoms. The number of ketones is 1. The minimum absolute atomic E-state index is 0.0611. The SMILES string of the molecule is CNc1cc2ncn(-c3ccc(CC(=O)CS(=O)(=O)c4ccc(Cl)s4)cn3)c(=O)c2cc1Br. The number of nitrogens with zero attached hydrogens (tertiary/aromatic N) is 3. The van der Waals surface area contributed by atoms with Crippen LogP contribution >= 0.6 is 38.9 Å². The molecular weight excluding hydrogens is 552 g/mol. The standard InChI is InChI=1S/C21H16BrClN4O4S2/c1-24-17-8-16-14(7-15(17)22)21(29)27(11-26-16)19-4-2-12(9-25-19)6-13(28)10-33(30,31)20-5-3-18(23)32-20/h2-5,7-9,11,24H,6,10H2,1H3. The van der Waals surface area contributed by atoms with Crippen LogP contribution in [0.3, 0.4) is 0 Å². The fourth-order valence-electron chi connectivity index (χ4n) is 3.19. The quantitative estimate of drug-likeness (QED) is 0.361. The summed E-state index contributed by atoms with van der Waals surface area (Å²) in [6, 6.07) is 9.55. The van der Waals surface area contributed by atoms with Crippen LogP contribution in [0.1, 0.15) is 5.56 Å². The number of Topliss-reactive ketones (excluding diaryl/α,β-unsaturated/α-hetero) is 1. The van der Waals surface area contributed by atoms with Gasteiger partial charge in [-0.1, -0.05) is 17.7 Å². The van der Waals surface area contributed by atoms with Crippen molar-refractivity contribution in [2.24, 2.45) is 0 Å². The van der Waals surface area contributed by atoms with E-state index in [0.717, 1.165) is 21.5 Å². The highest BCUT2D eigenvalue weighted by molar-refractivity contribution is 9.10. The summed E-state index contributed by atoms with van der Waals surface area (Å²) in [6.07, 6.45) is 2.73. The molecule has 0 aliphatic carbocycles. The second-order valence-corrected chi connectivity index (χ2v) is 11.9. The van der Waals surface area contributed by atoms with Gasteiger partial charge in [0.05, 0.1) is 20.9 Å². The smallest absolute Gasteiger partial charge is 0.267 e. The van der Waals surface area contributed by atoms with Crippen molar-refractivity contribution in [2.45, 2.75) is 10.6 Å². The van der Waals surface area contributed by atoms with Crippen LogP contribution in [0.2, 0.25) is 4.34 Å². The number of nitrogens with one attached hydrogen (secondary N) is 1. The number of hydrogen-bond donors (Lipinski definition) is 1. The monoisotopic (exact) mass is 566 g/mol. The summed E-state index contributed by atoms with van der Waals surface area (Å²) in [7, 11) is -1.97. The van der Waals surface area contributed by atoms with E-state index in [9.17, 15) is 18.0 Å². The number of carbonyl (C=O) groups excluding carboxylic acids is 1. The van der Waals surface area contributed by atoms with Crippen LogP contribution in [0.4, 0.5) is 5.69 Å². The summed E-state index contributed by atoms with van der Waals surface area (Å²) in [5.74, 6) is -0.757. The number of sulfone groups is 1. The van der Waals surface area contributed by atoms with Crippen LogP contribution in [0, 0.1) is 0 Å². The van der Waals surface area contributed by atoms with Gasteiger partial charge in [-0.3, -0.25) is 14.2 Å². The van der Waals surface area contributed by atoms with Crippen molar-refractivity contribution >= 4 is 71.1 Å². The maximum atomic E-state index is 12.9. The lowest BCUT2D eigenvalue weighted by Gasteiger charge is -2.09. The van der Waals surface area contributed by atoms with Crippen molar-refractivity contribution in [1.29, 1.82) is 0 Å². The summed E-state index contributed by atoms with van der Waals surface area (Å²) in [6.45, 7) is 0. The van der Waals surface area contributed by atoms with Crippen molar-refractivity contribution in [3.63, 3.8) is 0 Å². The molecule has 0 saturated carbocycles. The lowest BCUT2D eigenvalue weighted by Crippen LogP contribution is -2.20. The summed E-state index contributed by atoms with van der Waals surface area (Å²) in [4.78, 5) is 33.9. The van der Waals surface area contributed by atoms with Crippen LogP contribution in [-0.4, -0.2) is 41.5 Å². The Morgan fingerprint density at radius 2 is 2.00 bits per heavy atom. The predicted molar refractivity (Wildman–Crippen MR) is 132 cm³/mol. The van der Waals surface area contributed by atoms with Crippen molar-refractivity contribution in [1.82, 2.24) is 14.5 Å². The van der Waals surface area contributed by atoms with Crippen LogP contribution < -0.4 is 10.9 Å². The van der Waals surface area contributed by atoms with Gasteiger partial charge in [-0.2, -0.15) is 0 Å². The Kier molecular flexibility index (Phi) is 6.66. The summed E-state index contributed by atoms with van der Waals surface area (Å²) >= 11 is 10.1. The van der Waals surface area contributed by atoms with Gasteiger partial charge in [-0.15, -0.1) is 11.3 Å². The molecule has 0 saturated heterocycles. The van der Waals surface area contributed by atoms with Crippen LogP contribution in [0.25, 0.3) is 16.7 Å². The average molecular weight is 568 g/mol. The van der Waals surface area contributed by atoms with Gasteiger partial charge in [-0.05, 0) is 51.8 Å². The zero-order chi connectivity index (χ0) is 23.8. The fraction of sp³-hybridized carbons (Fsp3) is 0.143. The molecule has 1 N–H and O–H groups in total. The van der Waals surface area contributed by atoms with E-state index in [4.69, 9.17) is 11.6 Å². The molecule has 3 heterocycles. The molecule has 170 valence electrons. The number of benzene rings is 1.